The van der Waals surface area contributed by atoms with Gasteiger partial charge in [-0.25, -0.2) is 4.98 Å². The predicted octanol–water partition coefficient (Wildman–Crippen LogP) is 3.87. The van der Waals surface area contributed by atoms with Gasteiger partial charge in [-0.05, 0) is 24.3 Å². The van der Waals surface area contributed by atoms with E-state index >= 15 is 0 Å². The molecule has 1 fully saturated rings. The lowest BCUT2D eigenvalue weighted by molar-refractivity contribution is 0.0518. The summed E-state index contributed by atoms with van der Waals surface area (Å²) in [7, 11) is 1.59. The summed E-state index contributed by atoms with van der Waals surface area (Å²) in [5.41, 5.74) is 2.78. The fraction of sp³-hybridized carbons (Fsp3) is 0.333. The summed E-state index contributed by atoms with van der Waals surface area (Å²) < 4.78 is 7.64. The Morgan fingerprint density at radius 3 is 2.54 bits per heavy atom. The molecule has 1 aliphatic heterocycles. The van der Waals surface area contributed by atoms with Gasteiger partial charge in [0.05, 0.1) is 29.7 Å². The maximum absolute atomic E-state index is 12.8. The van der Waals surface area contributed by atoms with Crippen molar-refractivity contribution in [1.82, 2.24) is 14.5 Å². The molecule has 0 radical (unpaired) electrons. The second-order valence-electron chi connectivity index (χ2n) is 7.05. The normalized spacial score (nSPS) is 14.7. The summed E-state index contributed by atoms with van der Waals surface area (Å²) in [6.45, 7) is 5.70. The van der Waals surface area contributed by atoms with Gasteiger partial charge in [-0.2, -0.15) is 0 Å². The first-order valence-corrected chi connectivity index (χ1v) is 8.99. The zero-order valence-corrected chi connectivity index (χ0v) is 15.3. The van der Waals surface area contributed by atoms with Crippen molar-refractivity contribution in [3.05, 3.63) is 59.9 Å². The van der Waals surface area contributed by atoms with Crippen LogP contribution >= 0.6 is 0 Å². The molecule has 4 rings (SSSR count). The lowest BCUT2D eigenvalue weighted by Gasteiger charge is -2.41. The number of aromatic nitrogens is 2. The van der Waals surface area contributed by atoms with E-state index in [9.17, 15) is 4.79 Å². The lowest BCUT2D eigenvalue weighted by Crippen LogP contribution is -2.51. The molecule has 1 saturated heterocycles. The van der Waals surface area contributed by atoms with Crippen LogP contribution in [0.1, 0.15) is 42.0 Å². The number of fused-ring (bicyclic) bond motifs is 1. The number of rotatable bonds is 4. The number of hydrogen-bond donors (Lipinski definition) is 0. The largest absolute Gasteiger partial charge is 0.496 e. The molecule has 0 spiro atoms. The molecule has 2 heterocycles. The molecule has 0 bridgehead atoms. The Balaban J connectivity index is 1.59. The van der Waals surface area contributed by atoms with E-state index in [0.717, 1.165) is 16.9 Å². The van der Waals surface area contributed by atoms with E-state index in [4.69, 9.17) is 9.72 Å². The second kappa shape index (κ2) is 6.48. The molecule has 1 aromatic heterocycles. The number of carbonyl (C=O) groups is 1. The Labute approximate surface area is 153 Å². The molecule has 0 aliphatic carbocycles. The van der Waals surface area contributed by atoms with Crippen molar-refractivity contribution in [2.24, 2.45) is 0 Å². The molecule has 0 unspecified atom stereocenters. The monoisotopic (exact) mass is 349 g/mol. The van der Waals surface area contributed by atoms with Gasteiger partial charge in [0, 0.05) is 19.0 Å². The average Bonchev–Trinajstić information content (AvgIpc) is 3.00. The molecule has 0 atom stereocenters. The van der Waals surface area contributed by atoms with E-state index in [1.807, 2.05) is 47.4 Å². The molecule has 0 saturated carbocycles. The predicted molar refractivity (Wildman–Crippen MR) is 102 cm³/mol. The quantitative estimate of drug-likeness (QED) is 0.718. The highest BCUT2D eigenvalue weighted by atomic mass is 16.5. The summed E-state index contributed by atoms with van der Waals surface area (Å²) in [4.78, 5) is 19.5. The van der Waals surface area contributed by atoms with Crippen LogP contribution in [0.3, 0.4) is 0 Å². The molecule has 5 heteroatoms. The Morgan fingerprint density at radius 1 is 1.12 bits per heavy atom. The van der Waals surface area contributed by atoms with Crippen LogP contribution in [-0.2, 0) is 0 Å². The summed E-state index contributed by atoms with van der Waals surface area (Å²) in [5.74, 6) is 2.06. The molecule has 1 aliphatic rings. The Morgan fingerprint density at radius 2 is 1.81 bits per heavy atom. The van der Waals surface area contributed by atoms with Gasteiger partial charge < -0.3 is 14.2 Å². The smallest absolute Gasteiger partial charge is 0.257 e. The Hall–Kier alpha value is -2.82. The van der Waals surface area contributed by atoms with Crippen molar-refractivity contribution in [3.63, 3.8) is 0 Å². The first-order valence-electron chi connectivity index (χ1n) is 8.99. The molecular weight excluding hydrogens is 326 g/mol. The molecular formula is C21H23N3O2. The van der Waals surface area contributed by atoms with Gasteiger partial charge in [-0.3, -0.25) is 4.79 Å². The van der Waals surface area contributed by atoms with Crippen LogP contribution in [-0.4, -0.2) is 40.6 Å². The van der Waals surface area contributed by atoms with Gasteiger partial charge in [-0.1, -0.05) is 38.1 Å². The van der Waals surface area contributed by atoms with Crippen LogP contribution in [0.2, 0.25) is 0 Å². The Kier molecular flexibility index (Phi) is 4.15. The van der Waals surface area contributed by atoms with Gasteiger partial charge in [0.2, 0.25) is 0 Å². The number of nitrogens with zero attached hydrogens (tertiary/aromatic N) is 3. The van der Waals surface area contributed by atoms with Gasteiger partial charge in [0.25, 0.3) is 5.91 Å². The average molecular weight is 349 g/mol. The molecule has 3 aromatic rings. The highest BCUT2D eigenvalue weighted by Gasteiger charge is 2.35. The number of imidazole rings is 1. The fourth-order valence-corrected chi connectivity index (χ4v) is 3.63. The molecule has 2 aromatic carbocycles. The van der Waals surface area contributed by atoms with Gasteiger partial charge in [0.1, 0.15) is 11.6 Å². The topological polar surface area (TPSA) is 47.4 Å². The number of carbonyl (C=O) groups excluding carboxylic acids is 1. The number of amides is 1. The summed E-state index contributed by atoms with van der Waals surface area (Å²) in [6.07, 6.45) is 0. The molecule has 1 amide bonds. The number of methoxy groups -OCH3 is 1. The third kappa shape index (κ3) is 2.64. The van der Waals surface area contributed by atoms with Crippen molar-refractivity contribution in [3.8, 4) is 5.75 Å². The number of ether oxygens (including phenoxy) is 1. The van der Waals surface area contributed by atoms with Crippen LogP contribution in [0.4, 0.5) is 0 Å². The van der Waals surface area contributed by atoms with Crippen molar-refractivity contribution < 1.29 is 9.53 Å². The van der Waals surface area contributed by atoms with E-state index in [1.165, 1.54) is 0 Å². The van der Waals surface area contributed by atoms with Crippen molar-refractivity contribution in [2.75, 3.05) is 20.2 Å². The summed E-state index contributed by atoms with van der Waals surface area (Å²) in [5, 5.41) is 0. The van der Waals surface area contributed by atoms with Crippen LogP contribution in [0.5, 0.6) is 5.75 Å². The van der Waals surface area contributed by atoms with Crippen LogP contribution in [0.15, 0.2) is 48.5 Å². The van der Waals surface area contributed by atoms with Gasteiger partial charge in [-0.15, -0.1) is 0 Å². The van der Waals surface area contributed by atoms with E-state index in [0.29, 0.717) is 30.3 Å². The lowest BCUT2D eigenvalue weighted by atomic mass is 10.0. The first-order chi connectivity index (χ1) is 12.6. The fourth-order valence-electron chi connectivity index (χ4n) is 3.63. The third-order valence-electron chi connectivity index (χ3n) is 4.99. The maximum atomic E-state index is 12.8. The number of hydrogen-bond acceptors (Lipinski definition) is 3. The maximum Gasteiger partial charge on any atom is 0.257 e. The zero-order valence-electron chi connectivity index (χ0n) is 15.3. The number of likely N-dealkylation sites (tertiary alicyclic amines) is 1. The summed E-state index contributed by atoms with van der Waals surface area (Å²) in [6, 6.07) is 15.9. The Bertz CT molecular complexity index is 955. The van der Waals surface area contributed by atoms with E-state index in [1.54, 1.807) is 7.11 Å². The van der Waals surface area contributed by atoms with Crippen molar-refractivity contribution >= 4 is 16.9 Å². The van der Waals surface area contributed by atoms with E-state index < -0.39 is 0 Å². The second-order valence-corrected chi connectivity index (χ2v) is 7.05. The van der Waals surface area contributed by atoms with E-state index in [2.05, 4.69) is 24.5 Å². The minimum absolute atomic E-state index is 0.0224. The summed E-state index contributed by atoms with van der Waals surface area (Å²) >= 11 is 0. The molecule has 26 heavy (non-hydrogen) atoms. The number of benzene rings is 2. The van der Waals surface area contributed by atoms with Crippen molar-refractivity contribution in [2.45, 2.75) is 25.8 Å². The highest BCUT2D eigenvalue weighted by Crippen LogP contribution is 2.32. The van der Waals surface area contributed by atoms with Crippen LogP contribution < -0.4 is 4.74 Å². The minimum Gasteiger partial charge on any atom is -0.496 e. The van der Waals surface area contributed by atoms with Gasteiger partial charge in [0.15, 0.2) is 0 Å². The van der Waals surface area contributed by atoms with Gasteiger partial charge >= 0.3 is 0 Å². The van der Waals surface area contributed by atoms with Crippen molar-refractivity contribution in [1.29, 1.82) is 0 Å². The van der Waals surface area contributed by atoms with Crippen LogP contribution in [0.25, 0.3) is 11.0 Å². The standard InChI is InChI=1S/C21H23N3O2/c1-14(2)20-22-17-9-5-6-10-18(17)24(20)15-12-23(13-15)21(25)16-8-4-7-11-19(16)26-3/h4-11,14-15H,12-13H2,1-3H3. The third-order valence-corrected chi connectivity index (χ3v) is 4.99. The highest BCUT2D eigenvalue weighted by molar-refractivity contribution is 5.97. The minimum atomic E-state index is 0.0224. The SMILES string of the molecule is COc1ccccc1C(=O)N1CC(n2c(C(C)C)nc3ccccc32)C1. The van der Waals surface area contributed by atoms with Crippen LogP contribution in [0, 0.1) is 0 Å². The molecule has 5 nitrogen and oxygen atoms in total. The van der Waals surface area contributed by atoms with E-state index in [-0.39, 0.29) is 11.9 Å². The first kappa shape index (κ1) is 16.6. The molecule has 0 N–H and O–H groups in total. The number of para-hydroxylation sites is 3. The zero-order chi connectivity index (χ0) is 18.3. The molecule has 134 valence electrons.